The molecule has 0 aliphatic heterocycles. The van der Waals surface area contributed by atoms with Gasteiger partial charge in [0.15, 0.2) is 0 Å². The van der Waals surface area contributed by atoms with Gasteiger partial charge in [-0.2, -0.15) is 0 Å². The molecule has 0 fully saturated rings. The number of primary amides is 1. The zero-order chi connectivity index (χ0) is 11.0. The lowest BCUT2D eigenvalue weighted by Crippen LogP contribution is -2.39. The third-order valence-electron chi connectivity index (χ3n) is 1.65. The highest BCUT2D eigenvalue weighted by Crippen LogP contribution is 1.98. The quantitative estimate of drug-likeness (QED) is 0.690. The number of nitrogens with two attached hydrogens (primary N) is 1. The minimum Gasteiger partial charge on any atom is -0.450 e. The summed E-state index contributed by atoms with van der Waals surface area (Å²) >= 11 is 0. The van der Waals surface area contributed by atoms with Gasteiger partial charge in [0.2, 0.25) is 5.91 Å². The first-order chi connectivity index (χ1) is 6.61. The first-order valence-corrected chi connectivity index (χ1v) is 4.81. The summed E-state index contributed by atoms with van der Waals surface area (Å²) in [6, 6.07) is 0. The second-order valence-electron chi connectivity index (χ2n) is 2.94. The summed E-state index contributed by atoms with van der Waals surface area (Å²) in [7, 11) is 0. The highest BCUT2D eigenvalue weighted by Gasteiger charge is 2.15. The average Bonchev–Trinajstić information content (AvgIpc) is 2.12. The molecule has 0 saturated carbocycles. The predicted octanol–water partition coefficient (Wildman–Crippen LogP) is 0.730. The van der Waals surface area contributed by atoms with Crippen molar-refractivity contribution in [2.45, 2.75) is 26.7 Å². The third kappa shape index (κ3) is 5.40. The number of carbonyl (C=O) groups excluding carboxylic acids is 2. The van der Waals surface area contributed by atoms with E-state index in [1.807, 2.05) is 6.92 Å². The van der Waals surface area contributed by atoms with Gasteiger partial charge in [-0.1, -0.05) is 13.3 Å². The Hall–Kier alpha value is -1.26. The highest BCUT2D eigenvalue weighted by molar-refractivity contribution is 5.80. The van der Waals surface area contributed by atoms with Crippen LogP contribution in [0.25, 0.3) is 0 Å². The van der Waals surface area contributed by atoms with E-state index in [0.29, 0.717) is 13.2 Å². The van der Waals surface area contributed by atoms with Gasteiger partial charge in [-0.3, -0.25) is 9.69 Å². The summed E-state index contributed by atoms with van der Waals surface area (Å²) in [5, 5.41) is 0. The summed E-state index contributed by atoms with van der Waals surface area (Å²) in [5.41, 5.74) is 5.01. The Morgan fingerprint density at radius 3 is 2.43 bits per heavy atom. The molecule has 0 aromatic heterocycles. The maximum absolute atomic E-state index is 11.3. The van der Waals surface area contributed by atoms with Gasteiger partial charge >= 0.3 is 6.09 Å². The van der Waals surface area contributed by atoms with E-state index in [1.165, 1.54) is 4.90 Å². The van der Waals surface area contributed by atoms with Crippen LogP contribution in [0.4, 0.5) is 4.79 Å². The lowest BCUT2D eigenvalue weighted by Gasteiger charge is -2.19. The standard InChI is InChI=1S/C9H18N2O3/c1-3-5-6-11(7-8(10)12)9(13)14-4-2/h3-7H2,1-2H3,(H2,10,12). The predicted molar refractivity (Wildman–Crippen MR) is 52.7 cm³/mol. The Kier molecular flexibility index (Phi) is 6.53. The normalized spacial score (nSPS) is 9.57. The molecule has 5 nitrogen and oxygen atoms in total. The van der Waals surface area contributed by atoms with Crippen molar-refractivity contribution in [3.8, 4) is 0 Å². The molecular weight excluding hydrogens is 184 g/mol. The average molecular weight is 202 g/mol. The molecule has 0 aliphatic carbocycles. The zero-order valence-electron chi connectivity index (χ0n) is 8.78. The van der Waals surface area contributed by atoms with Crippen molar-refractivity contribution in [2.24, 2.45) is 5.73 Å². The van der Waals surface area contributed by atoms with E-state index in [2.05, 4.69) is 0 Å². The van der Waals surface area contributed by atoms with Gasteiger partial charge in [0.25, 0.3) is 0 Å². The molecule has 0 radical (unpaired) electrons. The van der Waals surface area contributed by atoms with E-state index < -0.39 is 12.0 Å². The van der Waals surface area contributed by atoms with Crippen LogP contribution in [0.5, 0.6) is 0 Å². The van der Waals surface area contributed by atoms with E-state index in [0.717, 1.165) is 12.8 Å². The molecule has 0 saturated heterocycles. The molecule has 0 aliphatic rings. The van der Waals surface area contributed by atoms with E-state index in [1.54, 1.807) is 6.92 Å². The lowest BCUT2D eigenvalue weighted by molar-refractivity contribution is -0.118. The monoisotopic (exact) mass is 202 g/mol. The molecule has 0 bridgehead atoms. The fourth-order valence-corrected chi connectivity index (χ4v) is 0.987. The number of carbonyl (C=O) groups is 2. The molecule has 82 valence electrons. The second-order valence-corrected chi connectivity index (χ2v) is 2.94. The summed E-state index contributed by atoms with van der Waals surface area (Å²) in [5.74, 6) is -0.519. The molecule has 0 unspecified atom stereocenters. The number of hydrogen-bond acceptors (Lipinski definition) is 3. The van der Waals surface area contributed by atoms with Crippen molar-refractivity contribution in [3.63, 3.8) is 0 Å². The van der Waals surface area contributed by atoms with Gasteiger partial charge in [-0.25, -0.2) is 4.79 Å². The summed E-state index contributed by atoms with van der Waals surface area (Å²) in [4.78, 5) is 23.3. The van der Waals surface area contributed by atoms with Gasteiger partial charge in [0.05, 0.1) is 6.61 Å². The maximum atomic E-state index is 11.3. The fraction of sp³-hybridized carbons (Fsp3) is 0.778. The van der Waals surface area contributed by atoms with Crippen LogP contribution in [0.2, 0.25) is 0 Å². The minimum absolute atomic E-state index is 0.0706. The molecule has 0 heterocycles. The van der Waals surface area contributed by atoms with Crippen LogP contribution in [0.1, 0.15) is 26.7 Å². The van der Waals surface area contributed by atoms with Crippen molar-refractivity contribution >= 4 is 12.0 Å². The third-order valence-corrected chi connectivity index (χ3v) is 1.65. The number of ether oxygens (including phenoxy) is 1. The molecule has 0 aromatic rings. The van der Waals surface area contributed by atoms with Crippen LogP contribution < -0.4 is 5.73 Å². The summed E-state index contributed by atoms with van der Waals surface area (Å²) in [6.45, 7) is 4.48. The van der Waals surface area contributed by atoms with Gasteiger partial charge in [0.1, 0.15) is 6.54 Å². The van der Waals surface area contributed by atoms with Gasteiger partial charge in [-0.15, -0.1) is 0 Å². The maximum Gasteiger partial charge on any atom is 0.410 e. The van der Waals surface area contributed by atoms with Crippen LogP contribution in [0, 0.1) is 0 Å². The molecule has 0 aromatic carbocycles. The molecule has 2 amide bonds. The summed E-state index contributed by atoms with van der Waals surface area (Å²) in [6.07, 6.45) is 1.32. The van der Waals surface area contributed by atoms with Gasteiger partial charge in [-0.05, 0) is 13.3 Å². The van der Waals surface area contributed by atoms with Crippen LogP contribution in [-0.4, -0.2) is 36.6 Å². The fourth-order valence-electron chi connectivity index (χ4n) is 0.987. The topological polar surface area (TPSA) is 72.6 Å². The molecule has 0 atom stereocenters. The Morgan fingerprint density at radius 2 is 2.00 bits per heavy atom. The first-order valence-electron chi connectivity index (χ1n) is 4.81. The van der Waals surface area contributed by atoms with E-state index in [-0.39, 0.29) is 6.54 Å². The number of hydrogen-bond donors (Lipinski definition) is 1. The van der Waals surface area contributed by atoms with E-state index in [4.69, 9.17) is 10.5 Å². The molecule has 14 heavy (non-hydrogen) atoms. The van der Waals surface area contributed by atoms with E-state index >= 15 is 0 Å². The lowest BCUT2D eigenvalue weighted by atomic mass is 10.3. The van der Waals surface area contributed by atoms with E-state index in [9.17, 15) is 9.59 Å². The number of amides is 2. The second kappa shape index (κ2) is 7.17. The number of unbranched alkanes of at least 4 members (excludes halogenated alkanes) is 1. The van der Waals surface area contributed by atoms with Crippen molar-refractivity contribution in [2.75, 3.05) is 19.7 Å². The summed E-state index contributed by atoms with van der Waals surface area (Å²) < 4.78 is 4.78. The smallest absolute Gasteiger partial charge is 0.410 e. The molecular formula is C9H18N2O3. The van der Waals surface area contributed by atoms with Crippen molar-refractivity contribution in [3.05, 3.63) is 0 Å². The first kappa shape index (κ1) is 12.7. The number of nitrogens with zero attached hydrogens (tertiary/aromatic N) is 1. The molecule has 0 spiro atoms. The Labute approximate surface area is 84.2 Å². The van der Waals surface area contributed by atoms with Crippen molar-refractivity contribution < 1.29 is 14.3 Å². The SMILES string of the molecule is CCCCN(CC(N)=O)C(=O)OCC. The van der Waals surface area contributed by atoms with Crippen molar-refractivity contribution in [1.29, 1.82) is 0 Å². The highest BCUT2D eigenvalue weighted by atomic mass is 16.6. The van der Waals surface area contributed by atoms with Gasteiger partial charge in [0, 0.05) is 6.54 Å². The van der Waals surface area contributed by atoms with Crippen LogP contribution in [-0.2, 0) is 9.53 Å². The van der Waals surface area contributed by atoms with Crippen LogP contribution in [0.3, 0.4) is 0 Å². The molecule has 0 rings (SSSR count). The van der Waals surface area contributed by atoms with Gasteiger partial charge < -0.3 is 10.5 Å². The number of rotatable bonds is 6. The Bertz CT molecular complexity index is 194. The zero-order valence-corrected chi connectivity index (χ0v) is 8.78. The Balaban J connectivity index is 4.08. The Morgan fingerprint density at radius 1 is 1.36 bits per heavy atom. The van der Waals surface area contributed by atoms with Crippen LogP contribution >= 0.6 is 0 Å². The largest absolute Gasteiger partial charge is 0.450 e. The molecule has 5 heteroatoms. The minimum atomic E-state index is -0.519. The van der Waals surface area contributed by atoms with Crippen LogP contribution in [0.15, 0.2) is 0 Å². The molecule has 2 N–H and O–H groups in total. The van der Waals surface area contributed by atoms with Crippen molar-refractivity contribution in [1.82, 2.24) is 4.90 Å².